The van der Waals surface area contributed by atoms with E-state index in [4.69, 9.17) is 0 Å². The molecule has 0 bridgehead atoms. The van der Waals surface area contributed by atoms with Gasteiger partial charge in [0.25, 0.3) is 0 Å². The maximum absolute atomic E-state index is 13.8. The quantitative estimate of drug-likeness (QED) is 0.623. The molecule has 0 atom stereocenters. The summed E-state index contributed by atoms with van der Waals surface area (Å²) in [5.74, 6) is -0.923. The largest absolute Gasteiger partial charge is 0.368 e. The summed E-state index contributed by atoms with van der Waals surface area (Å²) in [5, 5.41) is 5.48. The Bertz CT molecular complexity index is 1030. The molecule has 2 aromatic rings. The van der Waals surface area contributed by atoms with Gasteiger partial charge in [-0.3, -0.25) is 9.59 Å². The van der Waals surface area contributed by atoms with Crippen LogP contribution >= 0.6 is 0 Å². The van der Waals surface area contributed by atoms with Crippen molar-refractivity contribution in [2.24, 2.45) is 5.92 Å². The minimum absolute atomic E-state index is 0.00728. The number of urea groups is 1. The van der Waals surface area contributed by atoms with Crippen LogP contribution in [0.4, 0.5) is 26.2 Å². The van der Waals surface area contributed by atoms with E-state index in [0.717, 1.165) is 5.69 Å². The number of anilines is 3. The van der Waals surface area contributed by atoms with E-state index in [1.165, 1.54) is 12.1 Å². The van der Waals surface area contributed by atoms with Crippen molar-refractivity contribution in [3.63, 3.8) is 0 Å². The van der Waals surface area contributed by atoms with Crippen molar-refractivity contribution in [2.45, 2.75) is 33.7 Å². The summed E-state index contributed by atoms with van der Waals surface area (Å²) in [6, 6.07) is 13.2. The third-order valence-electron chi connectivity index (χ3n) is 5.91. The SMILES string of the molecule is CC(C)C(=O)N(CC(=O)Nc1ccc(N2CCN(C(=O)Nc3ccccc3F)CC2)cc1)C(C)C. The van der Waals surface area contributed by atoms with Gasteiger partial charge in [0.2, 0.25) is 11.8 Å². The Morgan fingerprint density at radius 3 is 2.11 bits per heavy atom. The fraction of sp³-hybridized carbons (Fsp3) is 0.423. The van der Waals surface area contributed by atoms with E-state index in [0.29, 0.717) is 31.9 Å². The first-order valence-corrected chi connectivity index (χ1v) is 11.9. The van der Waals surface area contributed by atoms with E-state index in [-0.39, 0.29) is 42.0 Å². The van der Waals surface area contributed by atoms with Crippen molar-refractivity contribution in [3.8, 4) is 0 Å². The van der Waals surface area contributed by atoms with Gasteiger partial charge in [-0.2, -0.15) is 0 Å². The van der Waals surface area contributed by atoms with E-state index in [1.54, 1.807) is 21.9 Å². The Kier molecular flexibility index (Phi) is 8.68. The smallest absolute Gasteiger partial charge is 0.322 e. The highest BCUT2D eigenvalue weighted by Gasteiger charge is 2.23. The first-order chi connectivity index (χ1) is 16.7. The Morgan fingerprint density at radius 2 is 1.54 bits per heavy atom. The first-order valence-electron chi connectivity index (χ1n) is 11.9. The van der Waals surface area contributed by atoms with Crippen molar-refractivity contribution < 1.29 is 18.8 Å². The van der Waals surface area contributed by atoms with Crippen LogP contribution in [-0.4, -0.2) is 66.4 Å². The molecule has 1 saturated heterocycles. The Hall–Kier alpha value is -3.62. The standard InChI is InChI=1S/C26H34FN5O3/c1-18(2)25(34)32(19(3)4)17-24(33)28-20-9-11-21(12-10-20)30-13-15-31(16-14-30)26(35)29-23-8-6-5-7-22(23)27/h5-12,18-19H,13-17H2,1-4H3,(H,28,33)(H,29,35). The number of para-hydroxylation sites is 1. The number of nitrogens with zero attached hydrogens (tertiary/aromatic N) is 3. The predicted octanol–water partition coefficient (Wildman–Crippen LogP) is 4.01. The summed E-state index contributed by atoms with van der Waals surface area (Å²) >= 11 is 0. The number of carbonyl (C=O) groups is 3. The average molecular weight is 484 g/mol. The minimum Gasteiger partial charge on any atom is -0.368 e. The number of amides is 4. The van der Waals surface area contributed by atoms with Gasteiger partial charge in [-0.1, -0.05) is 26.0 Å². The highest BCUT2D eigenvalue weighted by Crippen LogP contribution is 2.21. The molecule has 2 N–H and O–H groups in total. The molecule has 35 heavy (non-hydrogen) atoms. The van der Waals surface area contributed by atoms with Crippen LogP contribution in [0, 0.1) is 11.7 Å². The summed E-state index contributed by atoms with van der Waals surface area (Å²) in [6.07, 6.45) is 0. The number of hydrogen-bond donors (Lipinski definition) is 2. The van der Waals surface area contributed by atoms with E-state index in [1.807, 2.05) is 52.0 Å². The number of carbonyl (C=O) groups excluding carboxylic acids is 3. The summed E-state index contributed by atoms with van der Waals surface area (Å²) < 4.78 is 13.8. The van der Waals surface area contributed by atoms with Crippen molar-refractivity contribution >= 4 is 34.9 Å². The monoisotopic (exact) mass is 483 g/mol. The molecule has 1 fully saturated rings. The van der Waals surface area contributed by atoms with Gasteiger partial charge >= 0.3 is 6.03 Å². The van der Waals surface area contributed by atoms with Crippen LogP contribution in [-0.2, 0) is 9.59 Å². The molecular formula is C26H34FN5O3. The Labute approximate surface area is 206 Å². The number of nitrogens with one attached hydrogen (secondary N) is 2. The Balaban J connectivity index is 1.50. The third kappa shape index (κ3) is 6.94. The molecular weight excluding hydrogens is 449 g/mol. The van der Waals surface area contributed by atoms with Crippen LogP contribution in [0.2, 0.25) is 0 Å². The average Bonchev–Trinajstić information content (AvgIpc) is 2.84. The molecule has 0 aliphatic carbocycles. The van der Waals surface area contributed by atoms with Crippen LogP contribution in [0.3, 0.4) is 0 Å². The topological polar surface area (TPSA) is 85.0 Å². The summed E-state index contributed by atoms with van der Waals surface area (Å²) in [6.45, 7) is 9.73. The summed E-state index contributed by atoms with van der Waals surface area (Å²) in [5.41, 5.74) is 1.81. The maximum Gasteiger partial charge on any atom is 0.322 e. The molecule has 0 saturated carbocycles. The molecule has 1 heterocycles. The minimum atomic E-state index is -0.463. The van der Waals surface area contributed by atoms with Gasteiger partial charge in [0, 0.05) is 49.5 Å². The van der Waals surface area contributed by atoms with Gasteiger partial charge in [0.05, 0.1) is 5.69 Å². The van der Waals surface area contributed by atoms with Crippen molar-refractivity contribution in [3.05, 3.63) is 54.3 Å². The molecule has 8 nitrogen and oxygen atoms in total. The second kappa shape index (κ2) is 11.7. The lowest BCUT2D eigenvalue weighted by Gasteiger charge is -2.36. The van der Waals surface area contributed by atoms with Gasteiger partial charge in [-0.15, -0.1) is 0 Å². The molecule has 1 aliphatic rings. The summed E-state index contributed by atoms with van der Waals surface area (Å²) in [4.78, 5) is 42.7. The van der Waals surface area contributed by atoms with Gasteiger partial charge < -0.3 is 25.3 Å². The second-order valence-electron chi connectivity index (χ2n) is 9.19. The highest BCUT2D eigenvalue weighted by atomic mass is 19.1. The van der Waals surface area contributed by atoms with E-state index in [9.17, 15) is 18.8 Å². The van der Waals surface area contributed by atoms with Gasteiger partial charge in [0.1, 0.15) is 12.4 Å². The van der Waals surface area contributed by atoms with Crippen LogP contribution in [0.25, 0.3) is 0 Å². The number of hydrogen-bond acceptors (Lipinski definition) is 4. The molecule has 0 spiro atoms. The van der Waals surface area contributed by atoms with Crippen LogP contribution in [0.5, 0.6) is 0 Å². The fourth-order valence-electron chi connectivity index (χ4n) is 3.88. The summed E-state index contributed by atoms with van der Waals surface area (Å²) in [7, 11) is 0. The molecule has 188 valence electrons. The molecule has 3 rings (SSSR count). The van der Waals surface area contributed by atoms with Gasteiger partial charge in [-0.25, -0.2) is 9.18 Å². The maximum atomic E-state index is 13.8. The molecule has 0 radical (unpaired) electrons. The number of benzene rings is 2. The molecule has 1 aliphatic heterocycles. The molecule has 4 amide bonds. The van der Waals surface area contributed by atoms with Crippen molar-refractivity contribution in [1.29, 1.82) is 0 Å². The van der Waals surface area contributed by atoms with E-state index < -0.39 is 5.82 Å². The zero-order valence-electron chi connectivity index (χ0n) is 20.8. The number of rotatable bonds is 7. The van der Waals surface area contributed by atoms with Crippen LogP contribution < -0.4 is 15.5 Å². The van der Waals surface area contributed by atoms with Crippen LogP contribution in [0.1, 0.15) is 27.7 Å². The Morgan fingerprint density at radius 1 is 0.914 bits per heavy atom. The van der Waals surface area contributed by atoms with Crippen molar-refractivity contribution in [1.82, 2.24) is 9.80 Å². The fourth-order valence-corrected chi connectivity index (χ4v) is 3.88. The molecule has 9 heteroatoms. The van der Waals surface area contributed by atoms with Crippen LogP contribution in [0.15, 0.2) is 48.5 Å². The third-order valence-corrected chi connectivity index (χ3v) is 5.91. The lowest BCUT2D eigenvalue weighted by atomic mass is 10.1. The van der Waals surface area contributed by atoms with E-state index in [2.05, 4.69) is 15.5 Å². The highest BCUT2D eigenvalue weighted by molar-refractivity contribution is 5.95. The van der Waals surface area contributed by atoms with E-state index >= 15 is 0 Å². The lowest BCUT2D eigenvalue weighted by molar-refractivity contribution is -0.139. The molecule has 2 aromatic carbocycles. The second-order valence-corrected chi connectivity index (χ2v) is 9.19. The number of piperazine rings is 1. The predicted molar refractivity (Wildman–Crippen MR) is 136 cm³/mol. The lowest BCUT2D eigenvalue weighted by Crippen LogP contribution is -2.50. The van der Waals surface area contributed by atoms with Gasteiger partial charge in [0.15, 0.2) is 0 Å². The number of halogens is 1. The zero-order chi connectivity index (χ0) is 25.5. The normalized spacial score (nSPS) is 13.7. The van der Waals surface area contributed by atoms with Gasteiger partial charge in [-0.05, 0) is 50.2 Å². The molecule has 0 unspecified atom stereocenters. The van der Waals surface area contributed by atoms with Crippen molar-refractivity contribution in [2.75, 3.05) is 48.3 Å². The zero-order valence-corrected chi connectivity index (χ0v) is 20.8. The first kappa shape index (κ1) is 26.0. The molecule has 0 aromatic heterocycles.